The van der Waals surface area contributed by atoms with Gasteiger partial charge in [0.25, 0.3) is 5.91 Å². The van der Waals surface area contributed by atoms with Gasteiger partial charge in [-0.05, 0) is 55.9 Å². The van der Waals surface area contributed by atoms with Crippen molar-refractivity contribution in [1.82, 2.24) is 19.7 Å². The van der Waals surface area contributed by atoms with E-state index in [-0.39, 0.29) is 11.8 Å². The van der Waals surface area contributed by atoms with Crippen LogP contribution in [-0.2, 0) is 11.3 Å². The van der Waals surface area contributed by atoms with Gasteiger partial charge >= 0.3 is 0 Å². The Bertz CT molecular complexity index is 1270. The Balaban J connectivity index is 1.39. The lowest BCUT2D eigenvalue weighted by molar-refractivity contribution is -0.130. The number of rotatable bonds is 5. The summed E-state index contributed by atoms with van der Waals surface area (Å²) >= 11 is 6.32. The van der Waals surface area contributed by atoms with Crippen molar-refractivity contribution in [2.75, 3.05) is 18.4 Å². The van der Waals surface area contributed by atoms with Crippen LogP contribution in [0.3, 0.4) is 0 Å². The van der Waals surface area contributed by atoms with E-state index in [4.69, 9.17) is 11.6 Å². The number of hydrogen-bond donors (Lipinski definition) is 1. The van der Waals surface area contributed by atoms with Crippen LogP contribution in [0.5, 0.6) is 0 Å². The molecule has 35 heavy (non-hydrogen) atoms. The van der Waals surface area contributed by atoms with Gasteiger partial charge in [-0.25, -0.2) is 4.98 Å². The molecule has 1 N–H and O–H groups in total. The van der Waals surface area contributed by atoms with Gasteiger partial charge in [-0.2, -0.15) is 5.10 Å². The zero-order valence-corrected chi connectivity index (χ0v) is 20.7. The van der Waals surface area contributed by atoms with Crippen molar-refractivity contribution in [3.05, 3.63) is 76.2 Å². The zero-order valence-electron chi connectivity index (χ0n) is 19.9. The quantitative estimate of drug-likeness (QED) is 0.533. The molecule has 1 aromatic carbocycles. The molecule has 1 fully saturated rings. The molecular formula is C27H28ClN5O2. The second-order valence-electron chi connectivity index (χ2n) is 8.76. The number of hydrogen-bond acceptors (Lipinski definition) is 4. The summed E-state index contributed by atoms with van der Waals surface area (Å²) < 4.78 is 1.66. The predicted molar refractivity (Wildman–Crippen MR) is 136 cm³/mol. The highest BCUT2D eigenvalue weighted by Gasteiger charge is 2.23. The highest BCUT2D eigenvalue weighted by molar-refractivity contribution is 6.34. The maximum atomic E-state index is 13.1. The first kappa shape index (κ1) is 24.5. The van der Waals surface area contributed by atoms with Crippen molar-refractivity contribution in [1.29, 1.82) is 0 Å². The fraction of sp³-hybridized carbons (Fsp3) is 0.333. The van der Waals surface area contributed by atoms with Crippen LogP contribution < -0.4 is 5.32 Å². The molecule has 2 aromatic heterocycles. The largest absolute Gasteiger partial charge is 0.343 e. The number of carbonyl (C=O) groups excluding carboxylic acids is 2. The Morgan fingerprint density at radius 1 is 1.11 bits per heavy atom. The Morgan fingerprint density at radius 3 is 2.51 bits per heavy atom. The molecule has 0 spiro atoms. The fourth-order valence-electron chi connectivity index (χ4n) is 4.21. The van der Waals surface area contributed by atoms with Gasteiger partial charge in [-0.3, -0.25) is 14.3 Å². The number of piperidine rings is 1. The Hall–Kier alpha value is -3.63. The van der Waals surface area contributed by atoms with Gasteiger partial charge in [0.05, 0.1) is 11.2 Å². The van der Waals surface area contributed by atoms with E-state index in [1.807, 2.05) is 48.2 Å². The average Bonchev–Trinajstić information content (AvgIpc) is 3.24. The van der Waals surface area contributed by atoms with Gasteiger partial charge in [0.15, 0.2) is 0 Å². The zero-order chi connectivity index (χ0) is 24.8. The summed E-state index contributed by atoms with van der Waals surface area (Å²) in [4.78, 5) is 30.9. The van der Waals surface area contributed by atoms with Crippen LogP contribution in [0, 0.1) is 24.7 Å². The second-order valence-corrected chi connectivity index (χ2v) is 9.17. The fourth-order valence-corrected chi connectivity index (χ4v) is 4.43. The lowest BCUT2D eigenvalue weighted by Crippen LogP contribution is -2.37. The van der Waals surface area contributed by atoms with Crippen LogP contribution >= 0.6 is 11.6 Å². The molecular weight excluding hydrogens is 462 g/mol. The number of halogens is 1. The number of benzene rings is 1. The maximum Gasteiger partial charge on any atom is 0.276 e. The van der Waals surface area contributed by atoms with Gasteiger partial charge < -0.3 is 10.2 Å². The summed E-state index contributed by atoms with van der Waals surface area (Å²) in [6.45, 7) is 5.64. The Labute approximate surface area is 210 Å². The van der Waals surface area contributed by atoms with E-state index < -0.39 is 0 Å². The molecule has 0 saturated carbocycles. The van der Waals surface area contributed by atoms with Crippen LogP contribution in [-0.4, -0.2) is 44.6 Å². The van der Waals surface area contributed by atoms with E-state index in [1.165, 1.54) is 6.20 Å². The number of aromatic nitrogens is 3. The number of nitrogens with zero attached hydrogens (tertiary/aromatic N) is 4. The van der Waals surface area contributed by atoms with Crippen LogP contribution in [0.2, 0.25) is 5.02 Å². The molecule has 8 heteroatoms. The molecule has 0 bridgehead atoms. The highest BCUT2D eigenvalue weighted by atomic mass is 35.5. The SMILES string of the molecule is CC(=O)N1CCC(CCn2ncc(Cl)c2C(=O)Nc2ncc(C#Cc3ccccc3)cc2C)CC1. The number of aryl methyl sites for hydroxylation is 2. The van der Waals surface area contributed by atoms with Crippen molar-refractivity contribution in [2.24, 2.45) is 5.92 Å². The van der Waals surface area contributed by atoms with E-state index in [9.17, 15) is 9.59 Å². The summed E-state index contributed by atoms with van der Waals surface area (Å²) in [5, 5.41) is 7.48. The summed E-state index contributed by atoms with van der Waals surface area (Å²) in [5.74, 6) is 6.93. The number of likely N-dealkylation sites (tertiary alicyclic amines) is 1. The predicted octanol–water partition coefficient (Wildman–Crippen LogP) is 4.54. The van der Waals surface area contributed by atoms with E-state index in [2.05, 4.69) is 27.2 Å². The molecule has 0 atom stereocenters. The topological polar surface area (TPSA) is 80.1 Å². The molecule has 3 aromatic rings. The Morgan fingerprint density at radius 2 is 1.83 bits per heavy atom. The Kier molecular flexibility index (Phi) is 7.84. The molecule has 3 heterocycles. The summed E-state index contributed by atoms with van der Waals surface area (Å²) in [6.07, 6.45) is 5.93. The molecule has 1 aliphatic rings. The average molecular weight is 490 g/mol. The molecule has 2 amide bonds. The minimum atomic E-state index is -0.349. The number of pyridine rings is 1. The third kappa shape index (κ3) is 6.28. The van der Waals surface area contributed by atoms with Gasteiger partial charge in [0.2, 0.25) is 5.91 Å². The maximum absolute atomic E-state index is 13.1. The molecule has 7 nitrogen and oxygen atoms in total. The number of anilines is 1. The first-order valence-corrected chi connectivity index (χ1v) is 12.1. The minimum absolute atomic E-state index is 0.126. The van der Waals surface area contributed by atoms with Crippen LogP contribution in [0.25, 0.3) is 0 Å². The van der Waals surface area contributed by atoms with E-state index in [0.29, 0.717) is 29.0 Å². The normalized spacial score (nSPS) is 13.7. The summed E-state index contributed by atoms with van der Waals surface area (Å²) in [5.41, 5.74) is 2.82. The van der Waals surface area contributed by atoms with Gasteiger partial charge in [0, 0.05) is 43.9 Å². The van der Waals surface area contributed by atoms with Crippen molar-refractivity contribution < 1.29 is 9.59 Å². The summed E-state index contributed by atoms with van der Waals surface area (Å²) in [6, 6.07) is 11.6. The number of amides is 2. The van der Waals surface area contributed by atoms with Crippen LogP contribution in [0.4, 0.5) is 5.82 Å². The monoisotopic (exact) mass is 489 g/mol. The molecule has 0 aliphatic carbocycles. The minimum Gasteiger partial charge on any atom is -0.343 e. The van der Waals surface area contributed by atoms with Crippen molar-refractivity contribution in [3.63, 3.8) is 0 Å². The standard InChI is InChI=1S/C27H28ClN5O2/c1-19-16-23(9-8-21-6-4-3-5-7-21)17-29-26(19)31-27(35)25-24(28)18-30-33(25)15-12-22-10-13-32(14-11-22)20(2)34/h3-7,16-18,22H,10-15H2,1-2H3,(H,29,31,35). The molecule has 0 radical (unpaired) electrons. The van der Waals surface area contributed by atoms with Crippen molar-refractivity contribution in [2.45, 2.75) is 39.7 Å². The number of carbonyl (C=O) groups is 2. The van der Waals surface area contributed by atoms with Gasteiger partial charge in [0.1, 0.15) is 11.5 Å². The van der Waals surface area contributed by atoms with Crippen molar-refractivity contribution >= 4 is 29.2 Å². The summed E-state index contributed by atoms with van der Waals surface area (Å²) in [7, 11) is 0. The first-order valence-electron chi connectivity index (χ1n) is 11.7. The molecule has 1 aliphatic heterocycles. The van der Waals surface area contributed by atoms with Gasteiger partial charge in [-0.15, -0.1) is 0 Å². The van der Waals surface area contributed by atoms with Gasteiger partial charge in [-0.1, -0.05) is 41.6 Å². The van der Waals surface area contributed by atoms with E-state index in [0.717, 1.165) is 49.0 Å². The first-order chi connectivity index (χ1) is 16.9. The molecule has 4 rings (SSSR count). The second kappa shape index (κ2) is 11.2. The molecule has 0 unspecified atom stereocenters. The molecule has 180 valence electrons. The third-order valence-electron chi connectivity index (χ3n) is 6.25. The molecule has 1 saturated heterocycles. The lowest BCUT2D eigenvalue weighted by Gasteiger charge is -2.31. The third-order valence-corrected chi connectivity index (χ3v) is 6.53. The lowest BCUT2D eigenvalue weighted by atomic mass is 9.93. The number of nitrogens with one attached hydrogen (secondary N) is 1. The van der Waals surface area contributed by atoms with E-state index in [1.54, 1.807) is 17.8 Å². The van der Waals surface area contributed by atoms with Crippen LogP contribution in [0.1, 0.15) is 53.4 Å². The van der Waals surface area contributed by atoms with E-state index >= 15 is 0 Å². The van der Waals surface area contributed by atoms with Crippen molar-refractivity contribution in [3.8, 4) is 11.8 Å². The highest BCUT2D eigenvalue weighted by Crippen LogP contribution is 2.24. The van der Waals surface area contributed by atoms with Crippen LogP contribution in [0.15, 0.2) is 48.8 Å². The smallest absolute Gasteiger partial charge is 0.276 e.